The van der Waals surface area contributed by atoms with Gasteiger partial charge in [0.2, 0.25) is 5.13 Å². The lowest BCUT2D eigenvalue weighted by atomic mass is 9.66. The standard InChI is InChI=1S/C19H16FN5S/c20-15-7-3-10-22-16(15)19(8-4-9-19)12-23-18-25-24-17(26-18)14-6-2-1-5-13(14)11-21/h1-3,5-7,10H,4,8-9,12H2,(H,23,25). The minimum Gasteiger partial charge on any atom is -0.359 e. The van der Waals surface area contributed by atoms with E-state index in [-0.39, 0.29) is 11.2 Å². The minimum atomic E-state index is -0.290. The summed E-state index contributed by atoms with van der Waals surface area (Å²) in [4.78, 5) is 4.28. The van der Waals surface area contributed by atoms with E-state index in [0.29, 0.717) is 27.9 Å². The van der Waals surface area contributed by atoms with Crippen LogP contribution in [0.1, 0.15) is 30.5 Å². The lowest BCUT2D eigenvalue weighted by Gasteiger charge is -2.41. The predicted octanol–water partition coefficient (Wildman–Crippen LogP) is 4.14. The molecule has 7 heteroatoms. The average Bonchev–Trinajstić information content (AvgIpc) is 3.11. The van der Waals surface area contributed by atoms with E-state index in [1.807, 2.05) is 18.2 Å². The van der Waals surface area contributed by atoms with Gasteiger partial charge in [0, 0.05) is 23.7 Å². The van der Waals surface area contributed by atoms with Crippen LogP contribution in [0.4, 0.5) is 9.52 Å². The summed E-state index contributed by atoms with van der Waals surface area (Å²) in [5.41, 5.74) is 1.58. The van der Waals surface area contributed by atoms with Gasteiger partial charge in [-0.3, -0.25) is 4.98 Å². The maximum atomic E-state index is 14.2. The Hall–Kier alpha value is -2.85. The molecule has 3 aromatic rings. The number of hydrogen-bond donors (Lipinski definition) is 1. The van der Waals surface area contributed by atoms with Gasteiger partial charge >= 0.3 is 0 Å². The number of benzene rings is 1. The molecule has 0 radical (unpaired) electrons. The molecular weight excluding hydrogens is 349 g/mol. The van der Waals surface area contributed by atoms with E-state index < -0.39 is 0 Å². The van der Waals surface area contributed by atoms with Crippen LogP contribution in [0, 0.1) is 17.1 Å². The molecule has 0 unspecified atom stereocenters. The van der Waals surface area contributed by atoms with E-state index in [4.69, 9.17) is 0 Å². The molecule has 0 bridgehead atoms. The van der Waals surface area contributed by atoms with Gasteiger partial charge in [0.05, 0.1) is 17.3 Å². The van der Waals surface area contributed by atoms with Crippen LogP contribution in [-0.2, 0) is 5.41 Å². The number of halogens is 1. The summed E-state index contributed by atoms with van der Waals surface area (Å²) < 4.78 is 14.2. The molecule has 1 N–H and O–H groups in total. The Morgan fingerprint density at radius 3 is 2.77 bits per heavy atom. The number of nitriles is 1. The Morgan fingerprint density at radius 2 is 2.04 bits per heavy atom. The molecule has 0 amide bonds. The molecule has 2 aromatic heterocycles. The summed E-state index contributed by atoms with van der Waals surface area (Å²) in [5.74, 6) is -0.255. The fraction of sp³-hybridized carbons (Fsp3) is 0.263. The zero-order chi connectivity index (χ0) is 18.0. The van der Waals surface area contributed by atoms with Gasteiger partial charge in [-0.25, -0.2) is 4.39 Å². The van der Waals surface area contributed by atoms with Crippen LogP contribution in [0.25, 0.3) is 10.6 Å². The predicted molar refractivity (Wildman–Crippen MR) is 98.3 cm³/mol. The first-order valence-electron chi connectivity index (χ1n) is 8.40. The summed E-state index contributed by atoms with van der Waals surface area (Å²) >= 11 is 1.39. The molecule has 1 aliphatic rings. The van der Waals surface area contributed by atoms with Crippen LogP contribution in [0.5, 0.6) is 0 Å². The van der Waals surface area contributed by atoms with Gasteiger partial charge < -0.3 is 5.32 Å². The molecule has 1 aromatic carbocycles. The lowest BCUT2D eigenvalue weighted by molar-refractivity contribution is 0.243. The highest BCUT2D eigenvalue weighted by atomic mass is 32.1. The second kappa shape index (κ2) is 6.81. The van der Waals surface area contributed by atoms with E-state index in [2.05, 4.69) is 26.6 Å². The summed E-state index contributed by atoms with van der Waals surface area (Å²) in [7, 11) is 0. The lowest BCUT2D eigenvalue weighted by Crippen LogP contribution is -2.42. The Bertz CT molecular complexity index is 974. The van der Waals surface area contributed by atoms with Crippen molar-refractivity contribution in [3.63, 3.8) is 0 Å². The fourth-order valence-electron chi connectivity index (χ4n) is 3.29. The van der Waals surface area contributed by atoms with E-state index in [1.54, 1.807) is 18.3 Å². The fourth-order valence-corrected chi connectivity index (χ4v) is 4.07. The van der Waals surface area contributed by atoms with E-state index in [0.717, 1.165) is 24.8 Å². The number of nitrogens with zero attached hydrogens (tertiary/aromatic N) is 4. The average molecular weight is 365 g/mol. The van der Waals surface area contributed by atoms with Crippen molar-refractivity contribution in [2.75, 3.05) is 11.9 Å². The third kappa shape index (κ3) is 2.93. The second-order valence-corrected chi connectivity index (χ2v) is 7.37. The highest BCUT2D eigenvalue weighted by Crippen LogP contribution is 2.44. The third-order valence-corrected chi connectivity index (χ3v) is 5.77. The van der Waals surface area contributed by atoms with Gasteiger partial charge in [0.15, 0.2) is 5.01 Å². The summed E-state index contributed by atoms with van der Waals surface area (Å²) in [5, 5.41) is 22.3. The molecule has 0 saturated heterocycles. The molecule has 4 rings (SSSR count). The topological polar surface area (TPSA) is 74.5 Å². The first kappa shape index (κ1) is 16.6. The molecule has 130 valence electrons. The van der Waals surface area contributed by atoms with Crippen molar-refractivity contribution < 1.29 is 4.39 Å². The van der Waals surface area contributed by atoms with Gasteiger partial charge in [0.1, 0.15) is 5.82 Å². The van der Waals surface area contributed by atoms with Crippen LogP contribution in [-0.4, -0.2) is 21.7 Å². The third-order valence-electron chi connectivity index (χ3n) is 4.85. The van der Waals surface area contributed by atoms with Gasteiger partial charge in [-0.05, 0) is 31.0 Å². The van der Waals surface area contributed by atoms with Crippen LogP contribution in [0.2, 0.25) is 0 Å². The Morgan fingerprint density at radius 1 is 1.19 bits per heavy atom. The van der Waals surface area contributed by atoms with E-state index >= 15 is 0 Å². The van der Waals surface area contributed by atoms with Crippen LogP contribution in [0.15, 0.2) is 42.6 Å². The number of hydrogen-bond acceptors (Lipinski definition) is 6. The van der Waals surface area contributed by atoms with Crippen molar-refractivity contribution >= 4 is 16.5 Å². The van der Waals surface area contributed by atoms with Gasteiger partial charge in [-0.15, -0.1) is 10.2 Å². The molecular formula is C19H16FN5S. The molecule has 5 nitrogen and oxygen atoms in total. The Balaban J connectivity index is 1.53. The summed E-state index contributed by atoms with van der Waals surface area (Å²) in [6.45, 7) is 0.565. The van der Waals surface area contributed by atoms with Crippen molar-refractivity contribution in [1.82, 2.24) is 15.2 Å². The van der Waals surface area contributed by atoms with E-state index in [1.165, 1.54) is 17.4 Å². The highest BCUT2D eigenvalue weighted by Gasteiger charge is 2.41. The number of anilines is 1. The largest absolute Gasteiger partial charge is 0.359 e. The Kier molecular flexibility index (Phi) is 4.35. The first-order valence-corrected chi connectivity index (χ1v) is 9.21. The van der Waals surface area contributed by atoms with Crippen LogP contribution < -0.4 is 5.32 Å². The monoisotopic (exact) mass is 365 g/mol. The van der Waals surface area contributed by atoms with Crippen molar-refractivity contribution in [2.24, 2.45) is 0 Å². The SMILES string of the molecule is N#Cc1ccccc1-c1nnc(NCC2(c3ncccc3F)CCC2)s1. The minimum absolute atomic E-state index is 0.255. The molecule has 0 spiro atoms. The zero-order valence-corrected chi connectivity index (χ0v) is 14.8. The molecule has 1 fully saturated rings. The molecule has 26 heavy (non-hydrogen) atoms. The van der Waals surface area contributed by atoms with Gasteiger partial charge in [-0.2, -0.15) is 5.26 Å². The van der Waals surface area contributed by atoms with Crippen molar-refractivity contribution in [3.8, 4) is 16.6 Å². The quantitative estimate of drug-likeness (QED) is 0.735. The van der Waals surface area contributed by atoms with Crippen molar-refractivity contribution in [2.45, 2.75) is 24.7 Å². The second-order valence-electron chi connectivity index (χ2n) is 6.39. The van der Waals surface area contributed by atoms with Gasteiger partial charge in [0.25, 0.3) is 0 Å². The highest BCUT2D eigenvalue weighted by molar-refractivity contribution is 7.18. The zero-order valence-electron chi connectivity index (χ0n) is 13.9. The number of rotatable bonds is 5. The van der Waals surface area contributed by atoms with Crippen molar-refractivity contribution in [3.05, 3.63) is 59.7 Å². The number of aromatic nitrogens is 3. The number of nitrogens with one attached hydrogen (secondary N) is 1. The first-order chi connectivity index (χ1) is 12.7. The molecule has 0 atom stereocenters. The smallest absolute Gasteiger partial charge is 0.206 e. The molecule has 1 aliphatic carbocycles. The van der Waals surface area contributed by atoms with Crippen LogP contribution >= 0.6 is 11.3 Å². The summed E-state index contributed by atoms with van der Waals surface area (Å²) in [6, 6.07) is 12.6. The molecule has 2 heterocycles. The molecule has 1 saturated carbocycles. The molecule has 0 aliphatic heterocycles. The van der Waals surface area contributed by atoms with Gasteiger partial charge in [-0.1, -0.05) is 36.0 Å². The maximum Gasteiger partial charge on any atom is 0.206 e. The Labute approximate surface area is 154 Å². The van der Waals surface area contributed by atoms with E-state index in [9.17, 15) is 9.65 Å². The maximum absolute atomic E-state index is 14.2. The van der Waals surface area contributed by atoms with Crippen molar-refractivity contribution in [1.29, 1.82) is 5.26 Å². The normalized spacial score (nSPS) is 15.1. The summed E-state index contributed by atoms with van der Waals surface area (Å²) in [6.07, 6.45) is 4.50. The van der Waals surface area contributed by atoms with Crippen LogP contribution in [0.3, 0.4) is 0 Å². The number of pyridine rings is 1.